The average Bonchev–Trinajstić information content (AvgIpc) is 3.27. The summed E-state index contributed by atoms with van der Waals surface area (Å²) in [6.45, 7) is 4.75. The minimum absolute atomic E-state index is 0.139. The summed E-state index contributed by atoms with van der Waals surface area (Å²) >= 11 is 0. The van der Waals surface area contributed by atoms with Gasteiger partial charge in [-0.05, 0) is 80.1 Å². The number of amides is 1. The Morgan fingerprint density at radius 1 is 1.08 bits per heavy atom. The number of aliphatic hydroxyl groups excluding tert-OH is 1. The van der Waals surface area contributed by atoms with E-state index in [1.54, 1.807) is 11.0 Å². The van der Waals surface area contributed by atoms with Crippen LogP contribution in [0.15, 0.2) is 54.6 Å². The molecular formula is C29H34F3N3O3. The van der Waals surface area contributed by atoms with Crippen LogP contribution in [0.3, 0.4) is 0 Å². The van der Waals surface area contributed by atoms with Crippen molar-refractivity contribution in [3.8, 4) is 5.75 Å². The number of nitrogens with one attached hydrogen (secondary N) is 1. The first kappa shape index (κ1) is 26.6. The van der Waals surface area contributed by atoms with Gasteiger partial charge in [0.15, 0.2) is 0 Å². The molecule has 6 nitrogen and oxygen atoms in total. The predicted molar refractivity (Wildman–Crippen MR) is 140 cm³/mol. The van der Waals surface area contributed by atoms with Crippen molar-refractivity contribution in [2.24, 2.45) is 5.92 Å². The van der Waals surface area contributed by atoms with Gasteiger partial charge in [-0.3, -0.25) is 4.79 Å². The third-order valence-corrected chi connectivity index (χ3v) is 8.30. The van der Waals surface area contributed by atoms with E-state index in [2.05, 4.69) is 39.2 Å². The van der Waals surface area contributed by atoms with Gasteiger partial charge in [-0.15, -0.1) is 13.2 Å². The van der Waals surface area contributed by atoms with E-state index in [0.717, 1.165) is 45.3 Å². The van der Waals surface area contributed by atoms with Gasteiger partial charge < -0.3 is 25.0 Å². The molecule has 2 N–H and O–H groups in total. The number of aliphatic hydroxyl groups is 1. The third-order valence-electron chi connectivity index (χ3n) is 8.30. The molecule has 2 fully saturated rings. The number of carbonyl (C=O) groups excluding carboxylic acids is 1. The number of ether oxygens (including phenoxy) is 1. The smallest absolute Gasteiger partial charge is 0.406 e. The first-order valence-electron chi connectivity index (χ1n) is 13.3. The molecule has 2 aromatic carbocycles. The number of halogens is 3. The summed E-state index contributed by atoms with van der Waals surface area (Å²) in [6, 6.07) is 14.0. The summed E-state index contributed by atoms with van der Waals surface area (Å²) in [5, 5.41) is 14.5. The topological polar surface area (TPSA) is 65.0 Å². The summed E-state index contributed by atoms with van der Waals surface area (Å²) in [6.07, 6.45) is 1.55. The Balaban J connectivity index is 1.05. The van der Waals surface area contributed by atoms with Gasteiger partial charge in [0.1, 0.15) is 5.75 Å². The van der Waals surface area contributed by atoms with Crippen LogP contribution < -0.4 is 10.1 Å². The molecule has 1 amide bonds. The van der Waals surface area contributed by atoms with Gasteiger partial charge >= 0.3 is 6.36 Å². The minimum atomic E-state index is -4.73. The maximum absolute atomic E-state index is 12.6. The number of fused-ring (bicyclic) bond motifs is 2. The molecule has 0 aromatic heterocycles. The molecule has 3 aliphatic heterocycles. The molecule has 2 aromatic rings. The van der Waals surface area contributed by atoms with Crippen LogP contribution in [-0.2, 0) is 10.2 Å². The zero-order valence-corrected chi connectivity index (χ0v) is 21.3. The molecule has 0 aliphatic carbocycles. The highest BCUT2D eigenvalue weighted by Gasteiger charge is 2.41. The average molecular weight is 530 g/mol. The molecule has 3 aliphatic rings. The summed E-state index contributed by atoms with van der Waals surface area (Å²) in [4.78, 5) is 16.8. The van der Waals surface area contributed by atoms with Crippen molar-refractivity contribution in [2.75, 3.05) is 44.6 Å². The second-order valence-corrected chi connectivity index (χ2v) is 10.7. The maximum Gasteiger partial charge on any atom is 0.573 e. The normalized spacial score (nSPS) is 20.9. The van der Waals surface area contributed by atoms with E-state index in [9.17, 15) is 23.1 Å². The number of benzene rings is 2. The van der Waals surface area contributed by atoms with E-state index in [4.69, 9.17) is 0 Å². The monoisotopic (exact) mass is 529 g/mol. The van der Waals surface area contributed by atoms with Crippen LogP contribution in [-0.4, -0.2) is 72.5 Å². The predicted octanol–water partition coefficient (Wildman–Crippen LogP) is 4.66. The molecule has 1 spiro atoms. The number of likely N-dealkylation sites (tertiary alicyclic amines) is 2. The quantitative estimate of drug-likeness (QED) is 0.533. The summed E-state index contributed by atoms with van der Waals surface area (Å²) in [5.74, 6) is -0.277. The van der Waals surface area contributed by atoms with E-state index in [1.165, 1.54) is 41.6 Å². The van der Waals surface area contributed by atoms with Crippen molar-refractivity contribution in [2.45, 2.75) is 43.6 Å². The van der Waals surface area contributed by atoms with Crippen LogP contribution in [0.25, 0.3) is 6.08 Å². The molecule has 204 valence electrons. The Bertz CT molecular complexity index is 1140. The van der Waals surface area contributed by atoms with Crippen molar-refractivity contribution >= 4 is 17.7 Å². The Morgan fingerprint density at radius 2 is 1.76 bits per heavy atom. The number of anilines is 1. The Hall–Kier alpha value is -3.04. The lowest BCUT2D eigenvalue weighted by molar-refractivity contribution is -0.274. The molecule has 0 radical (unpaired) electrons. The Labute approximate surface area is 221 Å². The number of hydrogen-bond acceptors (Lipinski definition) is 5. The highest BCUT2D eigenvalue weighted by atomic mass is 19.4. The summed E-state index contributed by atoms with van der Waals surface area (Å²) < 4.78 is 40.7. The van der Waals surface area contributed by atoms with Crippen LogP contribution in [0.4, 0.5) is 18.9 Å². The second-order valence-electron chi connectivity index (χ2n) is 10.7. The maximum atomic E-state index is 12.6. The van der Waals surface area contributed by atoms with Gasteiger partial charge in [0.05, 0.1) is 6.10 Å². The van der Waals surface area contributed by atoms with Gasteiger partial charge in [0.25, 0.3) is 0 Å². The summed E-state index contributed by atoms with van der Waals surface area (Å²) in [7, 11) is 0. The molecule has 5 rings (SSSR count). The number of piperidine rings is 2. The lowest BCUT2D eigenvalue weighted by Gasteiger charge is -2.41. The number of β-amino-alcohol motifs (C(OH)–C–C–N with tert-alkyl or cyclic N) is 1. The molecule has 3 heterocycles. The Morgan fingerprint density at radius 3 is 2.45 bits per heavy atom. The molecule has 38 heavy (non-hydrogen) atoms. The van der Waals surface area contributed by atoms with E-state index >= 15 is 0 Å². The summed E-state index contributed by atoms with van der Waals surface area (Å²) in [5.41, 5.74) is 3.50. The van der Waals surface area contributed by atoms with Crippen molar-refractivity contribution < 1.29 is 27.8 Å². The zero-order valence-electron chi connectivity index (χ0n) is 21.3. The molecule has 9 heteroatoms. The van der Waals surface area contributed by atoms with Gasteiger partial charge in [-0.1, -0.05) is 30.3 Å². The standard InChI is InChI=1S/C29H34F3N3O3/c30-29(31,32)38-23-8-5-21(6-9-23)7-10-27(37)35-15-11-22(12-16-35)26(36)19-34-17-13-28(14-18-34)20-33-25-4-2-1-3-24(25)28/h1-10,22,26,33,36H,11-20H2. The molecule has 1 atom stereocenters. The third kappa shape index (κ3) is 6.15. The highest BCUT2D eigenvalue weighted by Crippen LogP contribution is 2.43. The van der Waals surface area contributed by atoms with Crippen molar-refractivity contribution in [3.63, 3.8) is 0 Å². The van der Waals surface area contributed by atoms with E-state index in [1.807, 2.05) is 0 Å². The van der Waals surface area contributed by atoms with Crippen molar-refractivity contribution in [1.29, 1.82) is 0 Å². The van der Waals surface area contributed by atoms with E-state index < -0.39 is 12.5 Å². The fourth-order valence-electron chi connectivity index (χ4n) is 6.04. The second kappa shape index (κ2) is 11.0. The zero-order chi connectivity index (χ0) is 26.8. The van der Waals surface area contributed by atoms with E-state index in [0.29, 0.717) is 25.2 Å². The molecule has 0 bridgehead atoms. The fourth-order valence-corrected chi connectivity index (χ4v) is 6.04. The van der Waals surface area contributed by atoms with E-state index in [-0.39, 0.29) is 23.0 Å². The number of carbonyl (C=O) groups is 1. The first-order chi connectivity index (χ1) is 18.2. The Kier molecular flexibility index (Phi) is 7.68. The minimum Gasteiger partial charge on any atom is -0.406 e. The van der Waals surface area contributed by atoms with Crippen LogP contribution in [0.5, 0.6) is 5.75 Å². The molecule has 0 saturated carbocycles. The van der Waals surface area contributed by atoms with Gasteiger partial charge in [0, 0.05) is 43.4 Å². The highest BCUT2D eigenvalue weighted by molar-refractivity contribution is 5.91. The largest absolute Gasteiger partial charge is 0.573 e. The number of nitrogens with zero attached hydrogens (tertiary/aromatic N) is 2. The van der Waals surface area contributed by atoms with Gasteiger partial charge in [-0.2, -0.15) is 0 Å². The first-order valence-corrected chi connectivity index (χ1v) is 13.3. The molecule has 2 saturated heterocycles. The fraction of sp³-hybridized carbons (Fsp3) is 0.483. The van der Waals surface area contributed by atoms with Crippen LogP contribution in [0.2, 0.25) is 0 Å². The number of hydrogen-bond donors (Lipinski definition) is 2. The van der Waals surface area contributed by atoms with Crippen LogP contribution in [0, 0.1) is 5.92 Å². The SMILES string of the molecule is O=C(C=Cc1ccc(OC(F)(F)F)cc1)N1CCC(C(O)CN2CCC3(CC2)CNc2ccccc23)CC1. The lowest BCUT2D eigenvalue weighted by atomic mass is 9.74. The molecular weight excluding hydrogens is 495 g/mol. The number of alkyl halides is 3. The number of para-hydroxylation sites is 1. The van der Waals surface area contributed by atoms with Crippen molar-refractivity contribution in [3.05, 3.63) is 65.7 Å². The van der Waals surface area contributed by atoms with Gasteiger partial charge in [0.2, 0.25) is 5.91 Å². The lowest BCUT2D eigenvalue weighted by Crippen LogP contribution is -2.48. The number of rotatable bonds is 6. The van der Waals surface area contributed by atoms with Gasteiger partial charge in [-0.25, -0.2) is 0 Å². The van der Waals surface area contributed by atoms with Crippen molar-refractivity contribution in [1.82, 2.24) is 9.80 Å². The van der Waals surface area contributed by atoms with Crippen LogP contribution >= 0.6 is 0 Å². The molecule has 1 unspecified atom stereocenters. The van der Waals surface area contributed by atoms with Crippen LogP contribution in [0.1, 0.15) is 36.8 Å².